The Labute approximate surface area is 108 Å². The number of phenolic OH excluding ortho intramolecular Hbond substituents is 1. The SMILES string of the molecule is N[C@H](CC1CC1)c1cc(C(=O)O)cc(Br)c1O. The first-order valence-electron chi connectivity index (χ1n) is 5.50. The van der Waals surface area contributed by atoms with Crippen LogP contribution >= 0.6 is 15.9 Å². The van der Waals surface area contributed by atoms with Gasteiger partial charge in [0, 0.05) is 11.6 Å². The highest BCUT2D eigenvalue weighted by molar-refractivity contribution is 9.10. The van der Waals surface area contributed by atoms with Crippen molar-refractivity contribution in [3.05, 3.63) is 27.7 Å². The van der Waals surface area contributed by atoms with Crippen molar-refractivity contribution >= 4 is 21.9 Å². The van der Waals surface area contributed by atoms with Gasteiger partial charge in [0.15, 0.2) is 0 Å². The van der Waals surface area contributed by atoms with E-state index in [9.17, 15) is 9.90 Å². The summed E-state index contributed by atoms with van der Waals surface area (Å²) in [5.74, 6) is -0.356. The average Bonchev–Trinajstić information content (AvgIpc) is 3.05. The summed E-state index contributed by atoms with van der Waals surface area (Å²) in [6.45, 7) is 0. The van der Waals surface area contributed by atoms with Crippen LogP contribution in [-0.4, -0.2) is 16.2 Å². The predicted octanol–water partition coefficient (Wildman–Crippen LogP) is 2.65. The molecule has 1 aliphatic rings. The largest absolute Gasteiger partial charge is 0.506 e. The minimum atomic E-state index is -1.02. The maximum absolute atomic E-state index is 10.9. The third-order valence-corrected chi connectivity index (χ3v) is 3.63. The summed E-state index contributed by atoms with van der Waals surface area (Å²) in [5, 5.41) is 18.8. The highest BCUT2D eigenvalue weighted by Gasteiger charge is 2.26. The van der Waals surface area contributed by atoms with Gasteiger partial charge in [-0.3, -0.25) is 0 Å². The van der Waals surface area contributed by atoms with E-state index < -0.39 is 5.97 Å². The molecule has 0 unspecified atom stereocenters. The normalized spacial score (nSPS) is 16.8. The number of halogens is 1. The Morgan fingerprint density at radius 2 is 2.18 bits per heavy atom. The first-order valence-corrected chi connectivity index (χ1v) is 6.29. The molecule has 2 rings (SSSR count). The molecule has 0 bridgehead atoms. The van der Waals surface area contributed by atoms with E-state index in [4.69, 9.17) is 10.8 Å². The maximum atomic E-state index is 10.9. The summed E-state index contributed by atoms with van der Waals surface area (Å²) in [6, 6.07) is 2.53. The molecule has 0 radical (unpaired) electrons. The lowest BCUT2D eigenvalue weighted by molar-refractivity contribution is 0.0696. The third kappa shape index (κ3) is 2.79. The Bertz CT molecular complexity index is 457. The highest BCUT2D eigenvalue weighted by Crippen LogP contribution is 2.40. The van der Waals surface area contributed by atoms with Crippen molar-refractivity contribution in [2.45, 2.75) is 25.3 Å². The molecule has 1 fully saturated rings. The van der Waals surface area contributed by atoms with Gasteiger partial charge in [0.2, 0.25) is 0 Å². The van der Waals surface area contributed by atoms with Crippen LogP contribution in [0.3, 0.4) is 0 Å². The van der Waals surface area contributed by atoms with E-state index in [0.29, 0.717) is 16.0 Å². The predicted molar refractivity (Wildman–Crippen MR) is 67.0 cm³/mol. The number of benzene rings is 1. The lowest BCUT2D eigenvalue weighted by atomic mass is 9.99. The Kier molecular flexibility index (Phi) is 3.40. The van der Waals surface area contributed by atoms with Crippen molar-refractivity contribution in [1.82, 2.24) is 0 Å². The molecule has 0 spiro atoms. The van der Waals surface area contributed by atoms with Gasteiger partial charge < -0.3 is 15.9 Å². The van der Waals surface area contributed by atoms with Crippen LogP contribution in [-0.2, 0) is 0 Å². The molecular weight excluding hydrogens is 286 g/mol. The number of hydrogen-bond acceptors (Lipinski definition) is 3. The van der Waals surface area contributed by atoms with Crippen LogP contribution in [0.4, 0.5) is 0 Å². The quantitative estimate of drug-likeness (QED) is 0.798. The molecular formula is C12H14BrNO3. The van der Waals surface area contributed by atoms with Crippen molar-refractivity contribution in [2.75, 3.05) is 0 Å². The number of carbonyl (C=O) groups is 1. The molecule has 0 amide bonds. The molecule has 5 heteroatoms. The van der Waals surface area contributed by atoms with Gasteiger partial charge in [-0.15, -0.1) is 0 Å². The van der Waals surface area contributed by atoms with Crippen LogP contribution in [0, 0.1) is 5.92 Å². The van der Waals surface area contributed by atoms with Crippen LogP contribution in [0.15, 0.2) is 16.6 Å². The molecule has 1 atom stereocenters. The van der Waals surface area contributed by atoms with Crippen LogP contribution in [0.1, 0.15) is 41.2 Å². The van der Waals surface area contributed by atoms with Crippen LogP contribution in [0.2, 0.25) is 0 Å². The van der Waals surface area contributed by atoms with E-state index in [1.165, 1.54) is 25.0 Å². The van der Waals surface area contributed by atoms with Gasteiger partial charge >= 0.3 is 5.97 Å². The highest BCUT2D eigenvalue weighted by atomic mass is 79.9. The van der Waals surface area contributed by atoms with Crippen molar-refractivity contribution in [3.8, 4) is 5.75 Å². The summed E-state index contributed by atoms with van der Waals surface area (Å²) < 4.78 is 0.374. The van der Waals surface area contributed by atoms with E-state index in [1.807, 2.05) is 0 Å². The molecule has 4 N–H and O–H groups in total. The average molecular weight is 300 g/mol. The maximum Gasteiger partial charge on any atom is 0.335 e. The lowest BCUT2D eigenvalue weighted by Crippen LogP contribution is -2.12. The first kappa shape index (κ1) is 12.4. The topological polar surface area (TPSA) is 83.6 Å². The molecule has 1 aromatic carbocycles. The fourth-order valence-corrected chi connectivity index (χ4v) is 2.34. The van der Waals surface area contributed by atoms with Crippen molar-refractivity contribution in [3.63, 3.8) is 0 Å². The van der Waals surface area contributed by atoms with Gasteiger partial charge in [0.25, 0.3) is 0 Å². The molecule has 1 aromatic rings. The first-order chi connectivity index (χ1) is 7.99. The number of rotatable bonds is 4. The lowest BCUT2D eigenvalue weighted by Gasteiger charge is -2.15. The van der Waals surface area contributed by atoms with Gasteiger partial charge in [-0.1, -0.05) is 12.8 Å². The van der Waals surface area contributed by atoms with E-state index in [0.717, 1.165) is 6.42 Å². The third-order valence-electron chi connectivity index (χ3n) is 3.02. The second-order valence-corrected chi connectivity index (χ2v) is 5.34. The van der Waals surface area contributed by atoms with Crippen molar-refractivity contribution in [1.29, 1.82) is 0 Å². The van der Waals surface area contributed by atoms with Gasteiger partial charge in [-0.2, -0.15) is 0 Å². The van der Waals surface area contributed by atoms with E-state index in [-0.39, 0.29) is 17.4 Å². The summed E-state index contributed by atoms with van der Waals surface area (Å²) in [5.41, 5.74) is 6.64. The van der Waals surface area contributed by atoms with Crippen LogP contribution < -0.4 is 5.73 Å². The van der Waals surface area contributed by atoms with Crippen molar-refractivity contribution in [2.24, 2.45) is 11.7 Å². The summed E-state index contributed by atoms with van der Waals surface area (Å²) in [6.07, 6.45) is 3.14. The molecule has 1 aliphatic carbocycles. The molecule has 0 aromatic heterocycles. The number of carboxylic acids is 1. The minimum absolute atomic E-state index is 0.0446. The molecule has 1 saturated carbocycles. The number of aromatic hydroxyl groups is 1. The summed E-state index contributed by atoms with van der Waals surface area (Å²) in [4.78, 5) is 10.9. The molecule has 17 heavy (non-hydrogen) atoms. The number of aromatic carboxylic acids is 1. The van der Waals surface area contributed by atoms with E-state index in [2.05, 4.69) is 15.9 Å². The van der Waals surface area contributed by atoms with Crippen LogP contribution in [0.5, 0.6) is 5.75 Å². The molecule has 0 saturated heterocycles. The summed E-state index contributed by atoms with van der Waals surface area (Å²) >= 11 is 3.15. The van der Waals surface area contributed by atoms with Gasteiger partial charge in [-0.05, 0) is 40.4 Å². The second kappa shape index (κ2) is 4.66. The standard InChI is InChI=1S/C12H14BrNO3/c13-9-5-7(12(16)17)4-8(11(9)15)10(14)3-6-1-2-6/h4-6,10,15H,1-3,14H2,(H,16,17)/t10-/m1/s1. The Morgan fingerprint density at radius 1 is 1.53 bits per heavy atom. The smallest absolute Gasteiger partial charge is 0.335 e. The van der Waals surface area contributed by atoms with Gasteiger partial charge in [0.05, 0.1) is 10.0 Å². The number of phenols is 1. The second-order valence-electron chi connectivity index (χ2n) is 4.49. The fraction of sp³-hybridized carbons (Fsp3) is 0.417. The zero-order valence-corrected chi connectivity index (χ0v) is 10.8. The number of nitrogens with two attached hydrogens (primary N) is 1. The molecule has 4 nitrogen and oxygen atoms in total. The zero-order chi connectivity index (χ0) is 12.6. The van der Waals surface area contributed by atoms with E-state index in [1.54, 1.807) is 0 Å². The zero-order valence-electron chi connectivity index (χ0n) is 9.19. The number of hydrogen-bond donors (Lipinski definition) is 3. The molecule has 0 heterocycles. The molecule has 92 valence electrons. The van der Waals surface area contributed by atoms with Gasteiger partial charge in [0.1, 0.15) is 5.75 Å². The van der Waals surface area contributed by atoms with Crippen molar-refractivity contribution < 1.29 is 15.0 Å². The van der Waals surface area contributed by atoms with E-state index >= 15 is 0 Å². The fourth-order valence-electron chi connectivity index (χ4n) is 1.87. The summed E-state index contributed by atoms with van der Waals surface area (Å²) in [7, 11) is 0. The Hall–Kier alpha value is -1.07. The van der Waals surface area contributed by atoms with Crippen LogP contribution in [0.25, 0.3) is 0 Å². The number of carboxylic acid groups (broad SMARTS) is 1. The van der Waals surface area contributed by atoms with Gasteiger partial charge in [-0.25, -0.2) is 4.79 Å². The monoisotopic (exact) mass is 299 g/mol. The minimum Gasteiger partial charge on any atom is -0.506 e. The Morgan fingerprint density at radius 3 is 2.71 bits per heavy atom. The molecule has 0 aliphatic heterocycles. The Balaban J connectivity index is 2.32.